The van der Waals surface area contributed by atoms with Crippen LogP contribution < -0.4 is 20.3 Å². The van der Waals surface area contributed by atoms with Crippen molar-refractivity contribution in [3.05, 3.63) is 87.6 Å². The summed E-state index contributed by atoms with van der Waals surface area (Å²) < 4.78 is 16.2. The molecule has 7 nitrogen and oxygen atoms in total. The van der Waals surface area contributed by atoms with Crippen molar-refractivity contribution >= 4 is 45.5 Å². The van der Waals surface area contributed by atoms with Crippen LogP contribution in [-0.4, -0.2) is 29.2 Å². The van der Waals surface area contributed by atoms with E-state index in [9.17, 15) is 4.79 Å². The number of anilines is 1. The summed E-state index contributed by atoms with van der Waals surface area (Å²) in [6.45, 7) is 0.634. The van der Waals surface area contributed by atoms with Gasteiger partial charge in [0.05, 0.1) is 39.1 Å². The number of halogens is 1. The fourth-order valence-electron chi connectivity index (χ4n) is 3.46. The summed E-state index contributed by atoms with van der Waals surface area (Å²) in [5, 5.41) is 5.03. The third-order valence-corrected chi connectivity index (χ3v) is 5.67. The number of methoxy groups -OCH3 is 2. The number of thiocarbonyl (C=S) groups is 1. The molecule has 0 aliphatic carbocycles. The summed E-state index contributed by atoms with van der Waals surface area (Å²) in [4.78, 5) is 17.7. The molecule has 0 amide bonds. The van der Waals surface area contributed by atoms with E-state index >= 15 is 0 Å². The highest BCUT2D eigenvalue weighted by atomic mass is 35.5. The molecule has 2 heterocycles. The Morgan fingerprint density at radius 2 is 1.88 bits per heavy atom. The predicted octanol–water partition coefficient (Wildman–Crippen LogP) is 5.19. The summed E-state index contributed by atoms with van der Waals surface area (Å²) in [6, 6.07) is 16.3. The van der Waals surface area contributed by atoms with Crippen LogP contribution in [0.1, 0.15) is 11.3 Å². The molecule has 2 aromatic carbocycles. The van der Waals surface area contributed by atoms with E-state index < -0.39 is 0 Å². The maximum Gasteiger partial charge on any atom is 0.253 e. The van der Waals surface area contributed by atoms with E-state index in [4.69, 9.17) is 37.7 Å². The molecule has 0 saturated carbocycles. The second kappa shape index (κ2) is 9.97. The Hall–Kier alpha value is -3.49. The van der Waals surface area contributed by atoms with Gasteiger partial charge in [0.25, 0.3) is 5.56 Å². The van der Waals surface area contributed by atoms with Gasteiger partial charge in [0.15, 0.2) is 16.6 Å². The number of H-pyrrole nitrogens is 1. The second-order valence-corrected chi connectivity index (χ2v) is 8.12. The van der Waals surface area contributed by atoms with Crippen molar-refractivity contribution < 1.29 is 13.9 Å². The lowest BCUT2D eigenvalue weighted by molar-refractivity contribution is 0.355. The summed E-state index contributed by atoms with van der Waals surface area (Å²) in [5.74, 6) is 1.84. The van der Waals surface area contributed by atoms with Gasteiger partial charge < -0.3 is 29.1 Å². The van der Waals surface area contributed by atoms with Gasteiger partial charge in [0.2, 0.25) is 0 Å². The SMILES string of the molecule is COc1cc2cc(CN(Cc3ccco3)C(=S)Nc3cccc(Cl)c3)c(=O)[nH]c2cc1OC. The summed E-state index contributed by atoms with van der Waals surface area (Å²) in [7, 11) is 3.12. The Kier molecular flexibility index (Phi) is 6.86. The van der Waals surface area contributed by atoms with Gasteiger partial charge in [-0.25, -0.2) is 0 Å². The summed E-state index contributed by atoms with van der Waals surface area (Å²) in [5.41, 5.74) is 1.72. The number of furan rings is 1. The lowest BCUT2D eigenvalue weighted by atomic mass is 10.1. The zero-order valence-corrected chi connectivity index (χ0v) is 19.6. The third kappa shape index (κ3) is 5.30. The summed E-state index contributed by atoms with van der Waals surface area (Å²) in [6.07, 6.45) is 1.60. The molecule has 4 aromatic rings. The smallest absolute Gasteiger partial charge is 0.253 e. The molecule has 9 heteroatoms. The topological polar surface area (TPSA) is 79.7 Å². The molecule has 0 aliphatic rings. The molecule has 2 aromatic heterocycles. The van der Waals surface area contributed by atoms with Crippen molar-refractivity contribution in [1.82, 2.24) is 9.88 Å². The van der Waals surface area contributed by atoms with Crippen molar-refractivity contribution in [2.24, 2.45) is 0 Å². The number of aromatic amines is 1. The number of rotatable bonds is 7. The van der Waals surface area contributed by atoms with Crippen LogP contribution in [0.15, 0.2) is 70.1 Å². The van der Waals surface area contributed by atoms with Gasteiger partial charge in [-0.15, -0.1) is 0 Å². The number of hydrogen-bond acceptors (Lipinski definition) is 5. The highest BCUT2D eigenvalue weighted by Gasteiger charge is 2.17. The van der Waals surface area contributed by atoms with Gasteiger partial charge >= 0.3 is 0 Å². The fourth-order valence-corrected chi connectivity index (χ4v) is 3.90. The van der Waals surface area contributed by atoms with E-state index in [1.165, 1.54) is 0 Å². The number of nitrogens with zero attached hydrogens (tertiary/aromatic N) is 1. The third-order valence-electron chi connectivity index (χ3n) is 5.08. The van der Waals surface area contributed by atoms with Crippen LogP contribution >= 0.6 is 23.8 Å². The van der Waals surface area contributed by atoms with Crippen molar-refractivity contribution in [3.8, 4) is 11.5 Å². The van der Waals surface area contributed by atoms with Crippen molar-refractivity contribution in [2.75, 3.05) is 19.5 Å². The molecular weight excluding hydrogens is 462 g/mol. The lowest BCUT2D eigenvalue weighted by Crippen LogP contribution is -2.35. The maximum atomic E-state index is 12.9. The van der Waals surface area contributed by atoms with Crippen LogP contribution in [0, 0.1) is 0 Å². The Labute approximate surface area is 200 Å². The highest BCUT2D eigenvalue weighted by Crippen LogP contribution is 2.31. The molecule has 0 bridgehead atoms. The molecule has 0 unspecified atom stereocenters. The van der Waals surface area contributed by atoms with Crippen LogP contribution in [0.3, 0.4) is 0 Å². The van der Waals surface area contributed by atoms with Gasteiger partial charge in [-0.05, 0) is 54.7 Å². The number of pyridine rings is 1. The number of fused-ring (bicyclic) bond motifs is 1. The molecule has 33 heavy (non-hydrogen) atoms. The fraction of sp³-hybridized carbons (Fsp3) is 0.167. The minimum Gasteiger partial charge on any atom is -0.493 e. The summed E-state index contributed by atoms with van der Waals surface area (Å²) >= 11 is 11.8. The first kappa shape index (κ1) is 22.7. The quantitative estimate of drug-likeness (QED) is 0.350. The van der Waals surface area contributed by atoms with Crippen molar-refractivity contribution in [2.45, 2.75) is 13.1 Å². The molecule has 0 fully saturated rings. The molecular formula is C24H22ClN3O4S. The first-order chi connectivity index (χ1) is 16.0. The number of ether oxygens (including phenoxy) is 2. The average Bonchev–Trinajstić information content (AvgIpc) is 3.31. The van der Waals surface area contributed by atoms with Gasteiger partial charge in [-0.1, -0.05) is 17.7 Å². The van der Waals surface area contributed by atoms with Crippen LogP contribution in [0.25, 0.3) is 10.9 Å². The van der Waals surface area contributed by atoms with Gasteiger partial charge in [-0.2, -0.15) is 0 Å². The number of hydrogen-bond donors (Lipinski definition) is 2. The Balaban J connectivity index is 1.66. The van der Waals surface area contributed by atoms with Crippen molar-refractivity contribution in [3.63, 3.8) is 0 Å². The standard InChI is InChI=1S/C24H22ClN3O4S/c1-30-21-10-15-9-16(23(29)27-20(15)12-22(21)31-2)13-28(14-19-7-4-8-32-19)24(33)26-18-6-3-5-17(25)11-18/h3-12H,13-14H2,1-2H3,(H,26,33)(H,27,29). The van der Waals surface area contributed by atoms with E-state index in [-0.39, 0.29) is 12.1 Å². The van der Waals surface area contributed by atoms with Crippen LogP contribution in [0.5, 0.6) is 11.5 Å². The minimum atomic E-state index is -0.218. The monoisotopic (exact) mass is 483 g/mol. The number of nitrogens with one attached hydrogen (secondary N) is 2. The molecule has 170 valence electrons. The van der Waals surface area contributed by atoms with Crippen LogP contribution in [0.4, 0.5) is 5.69 Å². The second-order valence-electron chi connectivity index (χ2n) is 7.29. The molecule has 0 radical (unpaired) electrons. The number of benzene rings is 2. The molecule has 0 atom stereocenters. The highest BCUT2D eigenvalue weighted by molar-refractivity contribution is 7.80. The Morgan fingerprint density at radius 3 is 2.58 bits per heavy atom. The maximum absolute atomic E-state index is 12.9. The molecule has 2 N–H and O–H groups in total. The van der Waals surface area contributed by atoms with Gasteiger partial charge in [0, 0.05) is 27.7 Å². The van der Waals surface area contributed by atoms with E-state index in [0.29, 0.717) is 45.0 Å². The number of aromatic nitrogens is 1. The average molecular weight is 484 g/mol. The first-order valence-electron chi connectivity index (χ1n) is 10.1. The van der Waals surface area contributed by atoms with E-state index in [0.717, 1.165) is 11.1 Å². The molecule has 4 rings (SSSR count). The normalized spacial score (nSPS) is 10.8. The molecule has 0 saturated heterocycles. The molecule has 0 aliphatic heterocycles. The van der Waals surface area contributed by atoms with E-state index in [2.05, 4.69) is 10.3 Å². The Bertz CT molecular complexity index is 1340. The van der Waals surface area contributed by atoms with Crippen molar-refractivity contribution in [1.29, 1.82) is 0 Å². The zero-order chi connectivity index (χ0) is 23.4. The van der Waals surface area contributed by atoms with Gasteiger partial charge in [0.1, 0.15) is 5.76 Å². The predicted molar refractivity (Wildman–Crippen MR) is 133 cm³/mol. The molecule has 0 spiro atoms. The largest absolute Gasteiger partial charge is 0.493 e. The first-order valence-corrected chi connectivity index (χ1v) is 10.9. The zero-order valence-electron chi connectivity index (χ0n) is 18.1. The minimum absolute atomic E-state index is 0.218. The van der Waals surface area contributed by atoms with Crippen LogP contribution in [-0.2, 0) is 13.1 Å². The van der Waals surface area contributed by atoms with E-state index in [1.54, 1.807) is 38.7 Å². The lowest BCUT2D eigenvalue weighted by Gasteiger charge is -2.25. The van der Waals surface area contributed by atoms with Gasteiger partial charge in [-0.3, -0.25) is 4.79 Å². The van der Waals surface area contributed by atoms with E-state index in [1.807, 2.05) is 41.3 Å². The Morgan fingerprint density at radius 1 is 1.09 bits per heavy atom. The van der Waals surface area contributed by atoms with Crippen LogP contribution in [0.2, 0.25) is 5.02 Å².